The molecule has 0 aliphatic carbocycles. The third-order valence-electron chi connectivity index (χ3n) is 1.87. The lowest BCUT2D eigenvalue weighted by Crippen LogP contribution is -2.16. The number of hydrogen-bond donors (Lipinski definition) is 0. The second kappa shape index (κ2) is 2.48. The number of fused-ring (bicyclic) bond motifs is 1. The van der Waals surface area contributed by atoms with Crippen LogP contribution in [0, 0.1) is 0 Å². The number of hydrogen-bond acceptors (Lipinski definition) is 2. The average molecular weight is 160 g/mol. The minimum Gasteiger partial charge on any atom is -0.454 e. The van der Waals surface area contributed by atoms with E-state index in [1.165, 1.54) is 0 Å². The van der Waals surface area contributed by atoms with Crippen LogP contribution in [-0.4, -0.2) is 5.78 Å². The van der Waals surface area contributed by atoms with Gasteiger partial charge in [-0.1, -0.05) is 24.8 Å². The highest BCUT2D eigenvalue weighted by atomic mass is 16.5. The summed E-state index contributed by atoms with van der Waals surface area (Å²) in [5, 5.41) is 0. The first kappa shape index (κ1) is 7.10. The quantitative estimate of drug-likeness (QED) is 0.540. The summed E-state index contributed by atoms with van der Waals surface area (Å²) in [4.78, 5) is 11.1. The Kier molecular flexibility index (Phi) is 1.47. The first-order valence-electron chi connectivity index (χ1n) is 3.75. The van der Waals surface area contributed by atoms with Crippen molar-refractivity contribution in [3.63, 3.8) is 0 Å². The monoisotopic (exact) mass is 160 g/mol. The van der Waals surface area contributed by atoms with Crippen LogP contribution >= 0.6 is 0 Å². The Morgan fingerprint density at radius 2 is 2.08 bits per heavy atom. The van der Waals surface area contributed by atoms with E-state index in [9.17, 15) is 4.79 Å². The van der Waals surface area contributed by atoms with Crippen molar-refractivity contribution in [2.75, 3.05) is 0 Å². The summed E-state index contributed by atoms with van der Waals surface area (Å²) in [6, 6.07) is 7.50. The van der Waals surface area contributed by atoms with Crippen LogP contribution in [0.3, 0.4) is 0 Å². The number of para-hydroxylation sites is 1. The van der Waals surface area contributed by atoms with Crippen molar-refractivity contribution >= 4 is 5.78 Å². The summed E-state index contributed by atoms with van der Waals surface area (Å²) in [6.07, 6.45) is 0.412. The molecule has 2 heteroatoms. The van der Waals surface area contributed by atoms with E-state index in [2.05, 4.69) is 6.58 Å². The summed E-state index contributed by atoms with van der Waals surface area (Å²) >= 11 is 0. The van der Waals surface area contributed by atoms with Gasteiger partial charge >= 0.3 is 0 Å². The molecule has 2 rings (SSSR count). The second-order valence-electron chi connectivity index (χ2n) is 2.73. The van der Waals surface area contributed by atoms with Crippen LogP contribution in [0.4, 0.5) is 0 Å². The smallest absolute Gasteiger partial charge is 0.201 e. The molecule has 12 heavy (non-hydrogen) atoms. The van der Waals surface area contributed by atoms with Crippen molar-refractivity contribution < 1.29 is 9.53 Å². The molecule has 0 amide bonds. The number of Topliss-reactive ketones (excluding diaryl/α,β-unsaturated/α-hetero) is 1. The standard InChI is InChI=1S/C10H8O2/c1-7-9(11)6-8-4-2-3-5-10(8)12-7/h2-5H,1,6H2. The van der Waals surface area contributed by atoms with Crippen molar-refractivity contribution in [3.05, 3.63) is 42.2 Å². The van der Waals surface area contributed by atoms with Gasteiger partial charge in [0.15, 0.2) is 5.76 Å². The maximum atomic E-state index is 11.1. The zero-order valence-electron chi connectivity index (χ0n) is 6.54. The SMILES string of the molecule is C=C1Oc2ccccc2CC1=O. The predicted molar refractivity (Wildman–Crippen MR) is 44.9 cm³/mol. The summed E-state index contributed by atoms with van der Waals surface area (Å²) in [7, 11) is 0. The highest BCUT2D eigenvalue weighted by Gasteiger charge is 2.19. The number of allylic oxidation sites excluding steroid dienone is 1. The van der Waals surface area contributed by atoms with E-state index in [0.717, 1.165) is 11.3 Å². The van der Waals surface area contributed by atoms with E-state index in [0.29, 0.717) is 6.42 Å². The Morgan fingerprint density at radius 3 is 2.92 bits per heavy atom. The van der Waals surface area contributed by atoms with Gasteiger partial charge in [-0.25, -0.2) is 0 Å². The zero-order chi connectivity index (χ0) is 8.55. The van der Waals surface area contributed by atoms with E-state index in [1.54, 1.807) is 0 Å². The molecule has 2 nitrogen and oxygen atoms in total. The third-order valence-corrected chi connectivity index (χ3v) is 1.87. The predicted octanol–water partition coefficient (Wildman–Crippen LogP) is 1.70. The maximum Gasteiger partial charge on any atom is 0.201 e. The van der Waals surface area contributed by atoms with Gasteiger partial charge in [-0.05, 0) is 6.07 Å². The van der Waals surface area contributed by atoms with Crippen molar-refractivity contribution in [1.29, 1.82) is 0 Å². The first-order chi connectivity index (χ1) is 5.77. The van der Waals surface area contributed by atoms with Crippen LogP contribution < -0.4 is 4.74 Å². The van der Waals surface area contributed by atoms with Gasteiger partial charge in [-0.3, -0.25) is 4.79 Å². The van der Waals surface area contributed by atoms with Crippen molar-refractivity contribution in [2.45, 2.75) is 6.42 Å². The molecule has 0 saturated heterocycles. The van der Waals surface area contributed by atoms with E-state index in [4.69, 9.17) is 4.74 Å². The lowest BCUT2D eigenvalue weighted by Gasteiger charge is -2.16. The van der Waals surface area contributed by atoms with Gasteiger partial charge in [0.1, 0.15) is 5.75 Å². The van der Waals surface area contributed by atoms with Gasteiger partial charge in [0, 0.05) is 12.0 Å². The number of rotatable bonds is 0. The molecule has 1 heterocycles. The van der Waals surface area contributed by atoms with Crippen molar-refractivity contribution in [3.8, 4) is 5.75 Å². The molecule has 0 radical (unpaired) electrons. The molecule has 1 aliphatic rings. The van der Waals surface area contributed by atoms with Gasteiger partial charge in [-0.15, -0.1) is 0 Å². The Hall–Kier alpha value is -1.57. The molecular formula is C10H8O2. The van der Waals surface area contributed by atoms with Gasteiger partial charge in [0.25, 0.3) is 0 Å². The van der Waals surface area contributed by atoms with Crippen molar-refractivity contribution in [1.82, 2.24) is 0 Å². The lowest BCUT2D eigenvalue weighted by atomic mass is 10.0. The number of carbonyl (C=O) groups is 1. The molecule has 0 atom stereocenters. The van der Waals surface area contributed by atoms with Gasteiger partial charge < -0.3 is 4.74 Å². The molecule has 0 spiro atoms. The van der Waals surface area contributed by atoms with Crippen LogP contribution in [0.2, 0.25) is 0 Å². The Bertz CT molecular complexity index is 318. The summed E-state index contributed by atoms with van der Waals surface area (Å²) in [5.74, 6) is 0.963. The fourth-order valence-corrected chi connectivity index (χ4v) is 1.21. The van der Waals surface area contributed by atoms with Gasteiger partial charge in [0.05, 0.1) is 0 Å². The molecule has 0 unspecified atom stereocenters. The lowest BCUT2D eigenvalue weighted by molar-refractivity contribution is -0.117. The number of ether oxygens (including phenoxy) is 1. The molecule has 0 aromatic heterocycles. The van der Waals surface area contributed by atoms with Crippen molar-refractivity contribution in [2.24, 2.45) is 0 Å². The van der Waals surface area contributed by atoms with Crippen LogP contribution in [0.15, 0.2) is 36.6 Å². The maximum absolute atomic E-state index is 11.1. The molecule has 0 N–H and O–H groups in total. The molecule has 0 fully saturated rings. The Morgan fingerprint density at radius 1 is 1.33 bits per heavy atom. The average Bonchev–Trinajstić information content (AvgIpc) is 2.07. The van der Waals surface area contributed by atoms with Crippen LogP contribution in [0.25, 0.3) is 0 Å². The Balaban J connectivity index is 2.47. The first-order valence-corrected chi connectivity index (χ1v) is 3.75. The van der Waals surface area contributed by atoms with E-state index in [1.807, 2.05) is 24.3 Å². The third kappa shape index (κ3) is 1.01. The zero-order valence-corrected chi connectivity index (χ0v) is 6.54. The summed E-state index contributed by atoms with van der Waals surface area (Å²) in [5.41, 5.74) is 0.940. The number of carbonyl (C=O) groups excluding carboxylic acids is 1. The van der Waals surface area contributed by atoms with E-state index >= 15 is 0 Å². The number of ketones is 1. The second-order valence-corrected chi connectivity index (χ2v) is 2.73. The van der Waals surface area contributed by atoms with Crippen LogP contribution in [0.5, 0.6) is 5.75 Å². The van der Waals surface area contributed by atoms with Crippen LogP contribution in [-0.2, 0) is 11.2 Å². The van der Waals surface area contributed by atoms with Gasteiger partial charge in [-0.2, -0.15) is 0 Å². The molecule has 0 bridgehead atoms. The summed E-state index contributed by atoms with van der Waals surface area (Å²) in [6.45, 7) is 3.52. The highest BCUT2D eigenvalue weighted by Crippen LogP contribution is 2.25. The minimum atomic E-state index is -0.0336. The highest BCUT2D eigenvalue weighted by molar-refractivity contribution is 5.96. The minimum absolute atomic E-state index is 0.0336. The van der Waals surface area contributed by atoms with E-state index in [-0.39, 0.29) is 11.5 Å². The number of benzene rings is 1. The van der Waals surface area contributed by atoms with E-state index < -0.39 is 0 Å². The Labute approximate surface area is 70.5 Å². The molecule has 1 aliphatic heterocycles. The van der Waals surface area contributed by atoms with Gasteiger partial charge in [0.2, 0.25) is 5.78 Å². The summed E-state index contributed by atoms with van der Waals surface area (Å²) < 4.78 is 5.20. The molecule has 60 valence electrons. The molecular weight excluding hydrogens is 152 g/mol. The largest absolute Gasteiger partial charge is 0.454 e. The molecule has 1 aromatic rings. The molecule has 1 aromatic carbocycles. The fourth-order valence-electron chi connectivity index (χ4n) is 1.21. The molecule has 0 saturated carbocycles. The van der Waals surface area contributed by atoms with Crippen LogP contribution in [0.1, 0.15) is 5.56 Å². The normalized spacial score (nSPS) is 15.3. The fraction of sp³-hybridized carbons (Fsp3) is 0.100. The topological polar surface area (TPSA) is 26.3 Å².